The standard InChI is InChI=1S/C11H19N3S.ClH/c1-8(9-4-5-9)12-6-10-7-13-11(15-10)14(2)3;/h7-9,12H,4-6H2,1-3H3;1H. The molecule has 3 nitrogen and oxygen atoms in total. The van der Waals surface area contributed by atoms with E-state index in [1.807, 2.05) is 20.3 Å². The van der Waals surface area contributed by atoms with Gasteiger partial charge in [-0.25, -0.2) is 4.98 Å². The summed E-state index contributed by atoms with van der Waals surface area (Å²) in [6.45, 7) is 3.24. The molecular weight excluding hydrogens is 242 g/mol. The maximum atomic E-state index is 4.36. The number of anilines is 1. The van der Waals surface area contributed by atoms with Gasteiger partial charge in [-0.1, -0.05) is 0 Å². The first-order chi connectivity index (χ1) is 7.16. The molecule has 5 heteroatoms. The van der Waals surface area contributed by atoms with E-state index < -0.39 is 0 Å². The Labute approximate surface area is 108 Å². The van der Waals surface area contributed by atoms with E-state index in [4.69, 9.17) is 0 Å². The van der Waals surface area contributed by atoms with Gasteiger partial charge in [0.15, 0.2) is 5.13 Å². The molecule has 1 aliphatic rings. The fraction of sp³-hybridized carbons (Fsp3) is 0.727. The Bertz CT molecular complexity index is 323. The van der Waals surface area contributed by atoms with Gasteiger partial charge in [0, 0.05) is 37.8 Å². The number of hydrogen-bond acceptors (Lipinski definition) is 4. The van der Waals surface area contributed by atoms with E-state index in [0.29, 0.717) is 6.04 Å². The highest BCUT2D eigenvalue weighted by atomic mass is 35.5. The van der Waals surface area contributed by atoms with Crippen molar-refractivity contribution in [1.82, 2.24) is 10.3 Å². The van der Waals surface area contributed by atoms with Gasteiger partial charge in [-0.05, 0) is 25.7 Å². The Morgan fingerprint density at radius 2 is 2.25 bits per heavy atom. The second kappa shape index (κ2) is 5.84. The molecule has 1 fully saturated rings. The second-order valence-electron chi connectivity index (χ2n) is 4.51. The highest BCUT2D eigenvalue weighted by molar-refractivity contribution is 7.15. The van der Waals surface area contributed by atoms with E-state index in [1.165, 1.54) is 17.7 Å². The molecule has 1 aliphatic carbocycles. The normalized spacial score (nSPS) is 16.7. The van der Waals surface area contributed by atoms with Crippen LogP contribution in [0.4, 0.5) is 5.13 Å². The molecule has 0 amide bonds. The first-order valence-electron chi connectivity index (χ1n) is 5.52. The monoisotopic (exact) mass is 261 g/mol. The van der Waals surface area contributed by atoms with E-state index in [2.05, 4.69) is 22.1 Å². The zero-order valence-corrected chi connectivity index (χ0v) is 11.7. The van der Waals surface area contributed by atoms with Crippen molar-refractivity contribution in [2.45, 2.75) is 32.4 Å². The molecule has 1 atom stereocenters. The van der Waals surface area contributed by atoms with Crippen LogP contribution in [0.25, 0.3) is 0 Å². The molecule has 1 unspecified atom stereocenters. The Morgan fingerprint density at radius 3 is 2.75 bits per heavy atom. The minimum absolute atomic E-state index is 0. The van der Waals surface area contributed by atoms with Crippen molar-refractivity contribution in [1.29, 1.82) is 0 Å². The lowest BCUT2D eigenvalue weighted by atomic mass is 10.2. The third-order valence-electron chi connectivity index (χ3n) is 2.85. The van der Waals surface area contributed by atoms with Gasteiger partial charge in [0.1, 0.15) is 0 Å². The van der Waals surface area contributed by atoms with E-state index in [1.54, 1.807) is 11.3 Å². The molecule has 92 valence electrons. The highest BCUT2D eigenvalue weighted by Gasteiger charge is 2.27. The molecule has 1 N–H and O–H groups in total. The van der Waals surface area contributed by atoms with Crippen LogP contribution >= 0.6 is 23.7 Å². The van der Waals surface area contributed by atoms with Gasteiger partial charge in [-0.15, -0.1) is 23.7 Å². The van der Waals surface area contributed by atoms with Crippen molar-refractivity contribution in [3.05, 3.63) is 11.1 Å². The summed E-state index contributed by atoms with van der Waals surface area (Å²) >= 11 is 1.77. The van der Waals surface area contributed by atoms with Crippen LogP contribution in [0.2, 0.25) is 0 Å². The Morgan fingerprint density at radius 1 is 1.56 bits per heavy atom. The fourth-order valence-electron chi connectivity index (χ4n) is 1.61. The second-order valence-corrected chi connectivity index (χ2v) is 5.60. The number of aromatic nitrogens is 1. The van der Waals surface area contributed by atoms with Crippen LogP contribution in [0.15, 0.2) is 6.20 Å². The number of halogens is 1. The Balaban J connectivity index is 0.00000128. The molecule has 1 heterocycles. The van der Waals surface area contributed by atoms with Crippen molar-refractivity contribution in [3.8, 4) is 0 Å². The van der Waals surface area contributed by atoms with Gasteiger partial charge < -0.3 is 10.2 Å². The SMILES string of the molecule is CC(NCc1cnc(N(C)C)s1)C1CC1.Cl. The topological polar surface area (TPSA) is 28.2 Å². The summed E-state index contributed by atoms with van der Waals surface area (Å²) in [6.07, 6.45) is 4.78. The molecular formula is C11H20ClN3S. The number of rotatable bonds is 5. The lowest BCUT2D eigenvalue weighted by Gasteiger charge is -2.11. The van der Waals surface area contributed by atoms with Crippen LogP contribution < -0.4 is 10.2 Å². The lowest BCUT2D eigenvalue weighted by Crippen LogP contribution is -2.26. The van der Waals surface area contributed by atoms with E-state index in [-0.39, 0.29) is 12.4 Å². The van der Waals surface area contributed by atoms with E-state index in [9.17, 15) is 0 Å². The summed E-state index contributed by atoms with van der Waals surface area (Å²) in [7, 11) is 4.06. The number of thiazole rings is 1. The van der Waals surface area contributed by atoms with Crippen molar-refractivity contribution in [2.24, 2.45) is 5.92 Å². The van der Waals surface area contributed by atoms with Crippen LogP contribution in [-0.4, -0.2) is 25.1 Å². The predicted molar refractivity (Wildman–Crippen MR) is 72.7 cm³/mol. The minimum atomic E-state index is 0. The molecule has 2 rings (SSSR count). The molecule has 0 bridgehead atoms. The Kier molecular flexibility index (Phi) is 5.02. The summed E-state index contributed by atoms with van der Waals surface area (Å²) in [5, 5.41) is 4.65. The first kappa shape index (κ1) is 13.7. The van der Waals surface area contributed by atoms with Crippen LogP contribution in [-0.2, 0) is 6.54 Å². The fourth-order valence-corrected chi connectivity index (χ4v) is 2.39. The van der Waals surface area contributed by atoms with E-state index >= 15 is 0 Å². The van der Waals surface area contributed by atoms with Crippen LogP contribution in [0.3, 0.4) is 0 Å². The van der Waals surface area contributed by atoms with Gasteiger partial charge in [-0.2, -0.15) is 0 Å². The molecule has 0 aliphatic heterocycles. The van der Waals surface area contributed by atoms with Gasteiger partial charge in [0.25, 0.3) is 0 Å². The minimum Gasteiger partial charge on any atom is -0.354 e. The van der Waals surface area contributed by atoms with Gasteiger partial charge in [0.05, 0.1) is 0 Å². The smallest absolute Gasteiger partial charge is 0.185 e. The van der Waals surface area contributed by atoms with Crippen molar-refractivity contribution in [3.63, 3.8) is 0 Å². The van der Waals surface area contributed by atoms with Crippen molar-refractivity contribution in [2.75, 3.05) is 19.0 Å². The number of nitrogens with zero attached hydrogens (tertiary/aromatic N) is 2. The maximum absolute atomic E-state index is 4.36. The van der Waals surface area contributed by atoms with Crippen LogP contribution in [0, 0.1) is 5.92 Å². The summed E-state index contributed by atoms with van der Waals surface area (Å²) in [6, 6.07) is 0.662. The number of hydrogen-bond donors (Lipinski definition) is 1. The van der Waals surface area contributed by atoms with Crippen LogP contribution in [0.5, 0.6) is 0 Å². The predicted octanol–water partition coefficient (Wildman–Crippen LogP) is 2.52. The molecule has 0 radical (unpaired) electrons. The molecule has 1 aromatic rings. The molecule has 0 aromatic carbocycles. The number of nitrogens with one attached hydrogen (secondary N) is 1. The summed E-state index contributed by atoms with van der Waals surface area (Å²) in [4.78, 5) is 7.74. The highest BCUT2D eigenvalue weighted by Crippen LogP contribution is 2.32. The lowest BCUT2D eigenvalue weighted by molar-refractivity contribution is 0.498. The first-order valence-corrected chi connectivity index (χ1v) is 6.34. The molecule has 0 saturated heterocycles. The summed E-state index contributed by atoms with van der Waals surface area (Å²) in [5.74, 6) is 0.922. The van der Waals surface area contributed by atoms with Crippen LogP contribution in [0.1, 0.15) is 24.6 Å². The van der Waals surface area contributed by atoms with Gasteiger partial charge in [0.2, 0.25) is 0 Å². The quantitative estimate of drug-likeness (QED) is 0.883. The summed E-state index contributed by atoms with van der Waals surface area (Å²) < 4.78 is 0. The zero-order chi connectivity index (χ0) is 10.8. The maximum Gasteiger partial charge on any atom is 0.185 e. The molecule has 1 saturated carbocycles. The van der Waals surface area contributed by atoms with Gasteiger partial charge in [-0.3, -0.25) is 0 Å². The molecule has 0 spiro atoms. The largest absolute Gasteiger partial charge is 0.354 e. The molecule has 16 heavy (non-hydrogen) atoms. The van der Waals surface area contributed by atoms with Crippen molar-refractivity contribution >= 4 is 28.9 Å². The average Bonchev–Trinajstić information content (AvgIpc) is 2.93. The molecule has 1 aromatic heterocycles. The Hall–Kier alpha value is -0.320. The third kappa shape index (κ3) is 3.61. The summed E-state index contributed by atoms with van der Waals surface area (Å²) in [5.41, 5.74) is 0. The van der Waals surface area contributed by atoms with Gasteiger partial charge >= 0.3 is 0 Å². The zero-order valence-electron chi connectivity index (χ0n) is 10.1. The van der Waals surface area contributed by atoms with Crippen molar-refractivity contribution < 1.29 is 0 Å². The average molecular weight is 262 g/mol. The van der Waals surface area contributed by atoms with E-state index in [0.717, 1.165) is 17.6 Å². The third-order valence-corrected chi connectivity index (χ3v) is 4.02.